The smallest absolute Gasteiger partial charge is 0.246 e. The Labute approximate surface area is 511 Å². The Kier molecular flexibility index (Phi) is 32.2. The van der Waals surface area contributed by atoms with Gasteiger partial charge in [-0.25, -0.2) is 0 Å². The molecule has 1 fully saturated rings. The molecule has 0 spiro atoms. The highest BCUT2D eigenvalue weighted by atomic mass is 16.3. The fourth-order valence-corrected chi connectivity index (χ4v) is 11.5. The third-order valence-corrected chi connectivity index (χ3v) is 17.1. The molecular formula is C65H114N8O12. The largest absolute Gasteiger partial charge is 0.390 e. The number of allylic oxidation sites excluding steroid dienone is 2. The Hall–Kier alpha value is -5.53. The Morgan fingerprint density at radius 1 is 0.494 bits per heavy atom. The van der Waals surface area contributed by atoms with Gasteiger partial charge in [0.1, 0.15) is 30.2 Å². The third-order valence-electron chi connectivity index (χ3n) is 17.1. The molecule has 85 heavy (non-hydrogen) atoms. The van der Waals surface area contributed by atoms with E-state index in [2.05, 4.69) is 5.32 Å². The molecule has 486 valence electrons. The van der Waals surface area contributed by atoms with E-state index >= 15 is 9.59 Å². The van der Waals surface area contributed by atoms with Crippen LogP contribution >= 0.6 is 0 Å². The Morgan fingerprint density at radius 3 is 1.36 bits per heavy atom. The lowest BCUT2D eigenvalue weighted by Gasteiger charge is -2.41. The van der Waals surface area contributed by atoms with E-state index in [-0.39, 0.29) is 86.1 Å². The first kappa shape index (κ1) is 77.5. The van der Waals surface area contributed by atoms with Crippen molar-refractivity contribution >= 4 is 64.6 Å². The van der Waals surface area contributed by atoms with Gasteiger partial charge in [-0.3, -0.25) is 52.7 Å². The van der Waals surface area contributed by atoms with Gasteiger partial charge in [-0.05, 0) is 93.8 Å². The maximum absolute atomic E-state index is 15.2. The number of likely N-dealkylation sites (N-methyl/N-ethyl adjacent to an activating group) is 7. The number of Topliss-reactive ketones (excluding diaryl/α,β-unsaturated/α-hetero) is 3. The molecular weight excluding hydrogens is 1080 g/mol. The number of amides is 8. The molecule has 0 radical (unpaired) electrons. The summed E-state index contributed by atoms with van der Waals surface area (Å²) in [6, 6.07) is -8.09. The lowest BCUT2D eigenvalue weighted by molar-refractivity contribution is -0.157. The topological polar surface area (TPSA) is 243 Å². The van der Waals surface area contributed by atoms with Crippen LogP contribution in [-0.2, 0) is 52.7 Å². The van der Waals surface area contributed by atoms with Gasteiger partial charge in [0.25, 0.3) is 0 Å². The number of aliphatic hydroxyl groups is 1. The van der Waals surface area contributed by atoms with E-state index in [0.29, 0.717) is 6.42 Å². The van der Waals surface area contributed by atoms with Crippen LogP contribution < -0.4 is 5.32 Å². The van der Waals surface area contributed by atoms with Crippen LogP contribution in [0.1, 0.15) is 175 Å². The second kappa shape index (κ2) is 35.3. The van der Waals surface area contributed by atoms with Gasteiger partial charge in [0, 0.05) is 86.3 Å². The summed E-state index contributed by atoms with van der Waals surface area (Å²) >= 11 is 0. The second-order valence-corrected chi connectivity index (χ2v) is 27.0. The molecule has 20 heteroatoms. The highest BCUT2D eigenvalue weighted by molar-refractivity contribution is 5.99. The van der Waals surface area contributed by atoms with Gasteiger partial charge in [-0.2, -0.15) is 0 Å². The summed E-state index contributed by atoms with van der Waals surface area (Å²) < 4.78 is 0. The summed E-state index contributed by atoms with van der Waals surface area (Å²) in [6.45, 7) is 30.1. The summed E-state index contributed by atoms with van der Waals surface area (Å²) in [5.74, 6) is -10.7. The van der Waals surface area contributed by atoms with Crippen molar-refractivity contribution in [2.75, 3.05) is 55.9 Å². The molecule has 0 saturated carbocycles. The predicted octanol–water partition coefficient (Wildman–Crippen LogP) is 6.54. The van der Waals surface area contributed by atoms with Crippen molar-refractivity contribution in [2.24, 2.45) is 59.2 Å². The standard InChI is InChI=1S/C65H114N8O12/c1-25-27-28-43(15)58(78)57-54(76)34-46(26-2)61(81)67(18)36-55(77)68(19)48(29-37(3)4)53(75)35-47(41(11)12)62(82)69(20)49(30-38(5)6)52(74)33-44(16)59(79)66-45(17)60(80)70(21)50(31-39(7)8)63(83)71(22)51(32-40(9)10)64(84)72(23)56(42(13)14)65(85)73(57)24/h25,27,37-51,56-58,78H,26,28-36H2,1-24H3,(H,66,79)/b27-25+/t43-,44+,45+,46+,47-,48+,49-,50-,51+,56-,57+,58-/m1/s1. The molecule has 0 aliphatic carbocycles. The zero-order valence-corrected chi connectivity index (χ0v) is 56.7. The van der Waals surface area contributed by atoms with E-state index in [1.165, 1.54) is 85.7 Å². The van der Waals surface area contributed by atoms with E-state index in [4.69, 9.17) is 0 Å². The Bertz CT molecular complexity index is 2320. The minimum atomic E-state index is -1.49. The van der Waals surface area contributed by atoms with Crippen LogP contribution in [0, 0.1) is 59.2 Å². The van der Waals surface area contributed by atoms with E-state index in [1.807, 2.05) is 68.4 Å². The van der Waals surface area contributed by atoms with Gasteiger partial charge in [0.05, 0.1) is 24.7 Å². The number of hydrogen-bond acceptors (Lipinski definition) is 12. The van der Waals surface area contributed by atoms with Crippen LogP contribution in [-0.4, -0.2) is 208 Å². The summed E-state index contributed by atoms with van der Waals surface area (Å²) in [4.78, 5) is 170. The van der Waals surface area contributed by atoms with Crippen molar-refractivity contribution in [2.45, 2.75) is 224 Å². The number of nitrogens with zero attached hydrogens (tertiary/aromatic N) is 7. The molecule has 0 aromatic heterocycles. The van der Waals surface area contributed by atoms with Crippen LogP contribution in [0.25, 0.3) is 0 Å². The summed E-state index contributed by atoms with van der Waals surface area (Å²) in [6.07, 6.45) is 2.59. The van der Waals surface area contributed by atoms with Crippen molar-refractivity contribution in [3.63, 3.8) is 0 Å². The maximum Gasteiger partial charge on any atom is 0.246 e. The van der Waals surface area contributed by atoms with Crippen LogP contribution in [0.3, 0.4) is 0 Å². The third kappa shape index (κ3) is 22.0. The number of carbonyl (C=O) groups is 11. The van der Waals surface area contributed by atoms with Gasteiger partial charge in [0.2, 0.25) is 47.3 Å². The molecule has 0 bridgehead atoms. The van der Waals surface area contributed by atoms with Crippen molar-refractivity contribution in [3.8, 4) is 0 Å². The fraction of sp³-hybridized carbons (Fsp3) is 0.800. The first-order valence-electron chi connectivity index (χ1n) is 31.2. The monoisotopic (exact) mass is 1200 g/mol. The number of hydrogen-bond donors (Lipinski definition) is 2. The zero-order valence-electron chi connectivity index (χ0n) is 56.7. The van der Waals surface area contributed by atoms with Gasteiger partial charge in [-0.1, -0.05) is 116 Å². The molecule has 1 heterocycles. The van der Waals surface area contributed by atoms with Gasteiger partial charge >= 0.3 is 0 Å². The molecule has 2 N–H and O–H groups in total. The molecule has 8 amide bonds. The molecule has 20 nitrogen and oxygen atoms in total. The van der Waals surface area contributed by atoms with Crippen molar-refractivity contribution < 1.29 is 57.8 Å². The fourth-order valence-electron chi connectivity index (χ4n) is 11.5. The average molecular weight is 1200 g/mol. The normalized spacial score (nSPS) is 27.2. The maximum atomic E-state index is 15.2. The number of aliphatic hydroxyl groups excluding tert-OH is 1. The second-order valence-electron chi connectivity index (χ2n) is 27.0. The SMILES string of the molecule is C/C=C/C[C@@H](C)[C@@H](O)[C@@H]1C(=O)C[C@H](CC)C(=O)N(C)CC(=O)N(C)[C@@H](CC(C)C)C(=O)C[C@H](C(C)C)C(=O)N(C)[C@H](CC(C)C)C(=O)C[C@H](C)C(=O)N[C@@H](C)C(=O)N(C)[C@H](CC(C)C)C(=O)N(C)[C@@H](CC(C)C)C(=O)N(C)[C@H](C(C)C)C(=O)N1C. The number of ketones is 3. The minimum absolute atomic E-state index is 0.0648. The van der Waals surface area contributed by atoms with Crippen LogP contribution in [0.15, 0.2) is 12.2 Å². The van der Waals surface area contributed by atoms with Gasteiger partial charge in [-0.15, -0.1) is 0 Å². The molecule has 0 aromatic rings. The molecule has 1 rings (SSSR count). The molecule has 0 aromatic carbocycles. The first-order chi connectivity index (χ1) is 39.2. The Morgan fingerprint density at radius 2 is 0.918 bits per heavy atom. The highest BCUT2D eigenvalue weighted by Crippen LogP contribution is 2.29. The van der Waals surface area contributed by atoms with Crippen LogP contribution in [0.5, 0.6) is 0 Å². The van der Waals surface area contributed by atoms with Crippen molar-refractivity contribution in [1.82, 2.24) is 39.6 Å². The number of carbonyl (C=O) groups excluding carboxylic acids is 11. The summed E-state index contributed by atoms with van der Waals surface area (Å²) in [5.41, 5.74) is 0. The average Bonchev–Trinajstić information content (AvgIpc) is 3.62. The van der Waals surface area contributed by atoms with Crippen LogP contribution in [0.4, 0.5) is 0 Å². The Balaban J connectivity index is 4.32. The number of rotatable bonds is 15. The summed E-state index contributed by atoms with van der Waals surface area (Å²) in [5, 5.41) is 14.9. The first-order valence-corrected chi connectivity index (χ1v) is 31.2. The minimum Gasteiger partial charge on any atom is -0.390 e. The molecule has 1 aliphatic heterocycles. The van der Waals surface area contributed by atoms with Crippen LogP contribution in [0.2, 0.25) is 0 Å². The van der Waals surface area contributed by atoms with Crippen molar-refractivity contribution in [3.05, 3.63) is 12.2 Å². The van der Waals surface area contributed by atoms with Gasteiger partial charge < -0.3 is 44.7 Å². The summed E-state index contributed by atoms with van der Waals surface area (Å²) in [7, 11) is 10.2. The lowest BCUT2D eigenvalue weighted by atomic mass is 9.84. The predicted molar refractivity (Wildman–Crippen MR) is 332 cm³/mol. The molecule has 12 atom stereocenters. The lowest BCUT2D eigenvalue weighted by Crippen LogP contribution is -2.61. The quantitative estimate of drug-likeness (QED) is 0.166. The van der Waals surface area contributed by atoms with Gasteiger partial charge in [0.15, 0.2) is 17.3 Å². The zero-order chi connectivity index (χ0) is 66.0. The molecule has 1 aliphatic rings. The van der Waals surface area contributed by atoms with Crippen molar-refractivity contribution in [1.29, 1.82) is 0 Å². The molecule has 1 saturated heterocycles. The van der Waals surface area contributed by atoms with E-state index in [1.54, 1.807) is 54.5 Å². The highest BCUT2D eigenvalue weighted by Gasteiger charge is 2.45. The van der Waals surface area contributed by atoms with E-state index in [9.17, 15) is 48.3 Å². The van der Waals surface area contributed by atoms with E-state index in [0.717, 1.165) is 4.90 Å². The number of nitrogens with one attached hydrogen (secondary N) is 1. The van der Waals surface area contributed by atoms with E-state index < -0.39 is 144 Å². The molecule has 0 unspecified atom stereocenters.